The van der Waals surface area contributed by atoms with Crippen LogP contribution in [0.2, 0.25) is 0 Å². The van der Waals surface area contributed by atoms with E-state index in [1.54, 1.807) is 0 Å². The molecule has 178 valence electrons. The van der Waals surface area contributed by atoms with Gasteiger partial charge >= 0.3 is 0 Å². The van der Waals surface area contributed by atoms with Crippen LogP contribution >= 0.6 is 0 Å². The largest absolute Gasteiger partial charge is 0.486 e. The number of ketones is 1. The molecule has 2 rings (SSSR count). The highest BCUT2D eigenvalue weighted by atomic mass is 19.1. The molecule has 1 aliphatic carbocycles. The van der Waals surface area contributed by atoms with E-state index in [0.717, 1.165) is 36.8 Å². The topological polar surface area (TPSA) is 59.6 Å². The molecular weight excluding hydrogens is 414 g/mol. The van der Waals surface area contributed by atoms with Gasteiger partial charge in [-0.1, -0.05) is 18.6 Å². The highest BCUT2D eigenvalue weighted by Gasteiger charge is 2.29. The van der Waals surface area contributed by atoms with E-state index in [-0.39, 0.29) is 12.4 Å². The van der Waals surface area contributed by atoms with E-state index >= 15 is 0 Å². The molecule has 0 amide bonds. The number of rotatable bonds is 13. The van der Waals surface area contributed by atoms with Crippen molar-refractivity contribution in [3.05, 3.63) is 58.5 Å². The van der Waals surface area contributed by atoms with Gasteiger partial charge in [-0.3, -0.25) is 4.79 Å². The molecule has 0 fully saturated rings. The molecule has 0 bridgehead atoms. The van der Waals surface area contributed by atoms with Gasteiger partial charge in [-0.25, -0.2) is 8.78 Å². The summed E-state index contributed by atoms with van der Waals surface area (Å²) >= 11 is 0. The summed E-state index contributed by atoms with van der Waals surface area (Å²) in [5.74, 6) is -1.37. The normalized spacial score (nSPS) is 21.0. The molecule has 1 aliphatic rings. The molecule has 1 aromatic rings. The maximum atomic E-state index is 13.6. The summed E-state index contributed by atoms with van der Waals surface area (Å²) in [7, 11) is 0. The Hall–Kier alpha value is -2.25. The van der Waals surface area contributed by atoms with E-state index in [0.29, 0.717) is 50.3 Å². The number of ether oxygens (including phenoxy) is 2. The number of aryl methyl sites for hydroxylation is 1. The maximum Gasteiger partial charge on any atom is 0.206 e. The first kappa shape index (κ1) is 26.0. The van der Waals surface area contributed by atoms with E-state index in [1.807, 2.05) is 20.8 Å². The van der Waals surface area contributed by atoms with Crippen molar-refractivity contribution in [2.45, 2.75) is 46.5 Å². The predicted octanol–water partition coefficient (Wildman–Crippen LogP) is 4.29. The third kappa shape index (κ3) is 8.36. The third-order valence-corrected chi connectivity index (χ3v) is 5.44. The highest BCUT2D eigenvalue weighted by molar-refractivity contribution is 5.97. The molecule has 0 heterocycles. The molecule has 1 unspecified atom stereocenters. The van der Waals surface area contributed by atoms with Crippen LogP contribution in [0.15, 0.2) is 41.3 Å². The van der Waals surface area contributed by atoms with Crippen LogP contribution in [0.1, 0.15) is 45.6 Å². The summed E-state index contributed by atoms with van der Waals surface area (Å²) in [5, 5.41) is 6.63. The van der Waals surface area contributed by atoms with Crippen molar-refractivity contribution in [2.75, 3.05) is 39.5 Å². The van der Waals surface area contributed by atoms with Gasteiger partial charge in [-0.2, -0.15) is 0 Å². The molecule has 0 saturated carbocycles. The van der Waals surface area contributed by atoms with Crippen LogP contribution in [0.5, 0.6) is 0 Å². The summed E-state index contributed by atoms with van der Waals surface area (Å²) in [4.78, 5) is 13.6. The minimum Gasteiger partial charge on any atom is -0.486 e. The fourth-order valence-electron chi connectivity index (χ4n) is 3.79. The third-order valence-electron chi connectivity index (χ3n) is 5.44. The highest BCUT2D eigenvalue weighted by Crippen LogP contribution is 2.28. The van der Waals surface area contributed by atoms with Gasteiger partial charge in [0.15, 0.2) is 5.76 Å². The first-order chi connectivity index (χ1) is 15.5. The zero-order valence-electron chi connectivity index (χ0n) is 19.4. The number of hydrogen-bond donors (Lipinski definition) is 2. The number of benzene rings is 1. The number of hydrogen-bond acceptors (Lipinski definition) is 5. The maximum absolute atomic E-state index is 13.6. The molecule has 0 saturated heterocycles. The van der Waals surface area contributed by atoms with Gasteiger partial charge in [0.25, 0.3) is 0 Å². The molecule has 0 aromatic heterocycles. The van der Waals surface area contributed by atoms with Gasteiger partial charge in [-0.05, 0) is 63.8 Å². The van der Waals surface area contributed by atoms with Crippen LogP contribution in [0.25, 0.3) is 0 Å². The van der Waals surface area contributed by atoms with Gasteiger partial charge < -0.3 is 20.1 Å². The lowest BCUT2D eigenvalue weighted by atomic mass is 9.85. The van der Waals surface area contributed by atoms with Gasteiger partial charge in [0.2, 0.25) is 5.78 Å². The molecule has 2 N–H and O–H groups in total. The second-order valence-electron chi connectivity index (χ2n) is 7.85. The number of carbonyl (C=O) groups excluding carboxylic acids is 1. The van der Waals surface area contributed by atoms with E-state index in [2.05, 4.69) is 16.7 Å². The number of carbonyl (C=O) groups is 1. The standard InChI is InChI=1S/C25H36F2N2O3/c1-4-28-11-12-29-23-8-6-7-18(3)22(24(30)25(23)32-14-13-31-5-2)10-9-19-15-20(26)17-21(27)16-19/h7,15-17,22,28-29H,4-6,8-14H2,1-3H3/b18-7+,25-23-. The van der Waals surface area contributed by atoms with E-state index in [1.165, 1.54) is 12.1 Å². The molecule has 0 spiro atoms. The van der Waals surface area contributed by atoms with Gasteiger partial charge in [0.05, 0.1) is 12.3 Å². The molecule has 1 aromatic carbocycles. The predicted molar refractivity (Wildman–Crippen MR) is 122 cm³/mol. The Balaban J connectivity index is 2.20. The Bertz CT molecular complexity index is 788. The number of nitrogens with one attached hydrogen (secondary N) is 2. The minimum absolute atomic E-state index is 0.0993. The molecule has 0 radical (unpaired) electrons. The van der Waals surface area contributed by atoms with Gasteiger partial charge in [0.1, 0.15) is 18.2 Å². The van der Waals surface area contributed by atoms with Crippen molar-refractivity contribution in [1.29, 1.82) is 0 Å². The lowest BCUT2D eigenvalue weighted by Crippen LogP contribution is -2.31. The quantitative estimate of drug-likeness (QED) is 0.347. The Kier molecular flexibility index (Phi) is 11.4. The lowest BCUT2D eigenvalue weighted by Gasteiger charge is -2.24. The van der Waals surface area contributed by atoms with Crippen LogP contribution in [0.3, 0.4) is 0 Å². The van der Waals surface area contributed by atoms with Crippen molar-refractivity contribution < 1.29 is 23.0 Å². The monoisotopic (exact) mass is 450 g/mol. The second kappa shape index (κ2) is 14.0. The van der Waals surface area contributed by atoms with E-state index in [9.17, 15) is 13.6 Å². The summed E-state index contributed by atoms with van der Waals surface area (Å²) in [6.45, 7) is 9.51. The van der Waals surface area contributed by atoms with Crippen LogP contribution in [-0.2, 0) is 20.7 Å². The summed E-state index contributed by atoms with van der Waals surface area (Å²) in [6, 6.07) is 3.49. The number of Topliss-reactive ketones (excluding diaryl/α,β-unsaturated/α-hetero) is 1. The summed E-state index contributed by atoms with van der Waals surface area (Å²) in [6.07, 6.45) is 4.39. The number of allylic oxidation sites excluding steroid dienone is 4. The zero-order chi connectivity index (χ0) is 23.3. The number of likely N-dealkylation sites (N-methyl/N-ethyl adjacent to an activating group) is 1. The van der Waals surface area contributed by atoms with Gasteiger partial charge in [0, 0.05) is 31.7 Å². The molecule has 1 atom stereocenters. The van der Waals surface area contributed by atoms with Crippen molar-refractivity contribution >= 4 is 5.78 Å². The first-order valence-electron chi connectivity index (χ1n) is 11.5. The Morgan fingerprint density at radius 2 is 1.84 bits per heavy atom. The fourth-order valence-corrected chi connectivity index (χ4v) is 3.79. The van der Waals surface area contributed by atoms with Crippen molar-refractivity contribution in [3.63, 3.8) is 0 Å². The van der Waals surface area contributed by atoms with Crippen molar-refractivity contribution in [1.82, 2.24) is 10.6 Å². The van der Waals surface area contributed by atoms with Crippen molar-refractivity contribution in [3.8, 4) is 0 Å². The van der Waals surface area contributed by atoms with Crippen LogP contribution in [-0.4, -0.2) is 45.2 Å². The van der Waals surface area contributed by atoms with Crippen LogP contribution < -0.4 is 10.6 Å². The molecular formula is C25H36F2N2O3. The van der Waals surface area contributed by atoms with Gasteiger partial charge in [-0.15, -0.1) is 0 Å². The average molecular weight is 451 g/mol. The zero-order valence-corrected chi connectivity index (χ0v) is 19.4. The average Bonchev–Trinajstić information content (AvgIpc) is 2.74. The number of halogens is 2. The Labute approximate surface area is 190 Å². The lowest BCUT2D eigenvalue weighted by molar-refractivity contribution is -0.122. The fraction of sp³-hybridized carbons (Fsp3) is 0.560. The van der Waals surface area contributed by atoms with E-state index in [4.69, 9.17) is 9.47 Å². The summed E-state index contributed by atoms with van der Waals surface area (Å²) in [5.41, 5.74) is 2.30. The van der Waals surface area contributed by atoms with Crippen LogP contribution in [0, 0.1) is 17.6 Å². The molecule has 5 nitrogen and oxygen atoms in total. The first-order valence-corrected chi connectivity index (χ1v) is 11.5. The van der Waals surface area contributed by atoms with E-state index < -0.39 is 17.6 Å². The summed E-state index contributed by atoms with van der Waals surface area (Å²) < 4.78 is 38.5. The second-order valence-corrected chi connectivity index (χ2v) is 7.85. The molecule has 32 heavy (non-hydrogen) atoms. The smallest absolute Gasteiger partial charge is 0.206 e. The van der Waals surface area contributed by atoms with Crippen LogP contribution in [0.4, 0.5) is 8.78 Å². The molecule has 7 heteroatoms. The molecule has 0 aliphatic heterocycles. The Morgan fingerprint density at radius 3 is 2.53 bits per heavy atom. The minimum atomic E-state index is -0.608. The Morgan fingerprint density at radius 1 is 1.09 bits per heavy atom. The van der Waals surface area contributed by atoms with Crippen molar-refractivity contribution in [2.24, 2.45) is 5.92 Å². The SMILES string of the molecule is CCNCCN/C1=C(\OCCOCC)C(=O)C(CCc2cc(F)cc(F)c2)/C(C)=C/CC1.